The first kappa shape index (κ1) is 23.7. The molecule has 0 amide bonds. The van der Waals surface area contributed by atoms with E-state index in [0.29, 0.717) is 0 Å². The van der Waals surface area contributed by atoms with Crippen LogP contribution in [-0.2, 0) is 0 Å². The molecule has 0 aliphatic rings. The standard InChI is InChI=1S/C22H45NO/c1-4-5-6-7-8-9-10-11-12-13-14-15-16-17-18-19-20-22(24)21-23(2)3/h11-12,22,24H,4-10,13-21H2,1-3H3/b12-11-. The number of allylic oxidation sites excluding steroid dienone is 2. The predicted octanol–water partition coefficient (Wildman–Crippen LogP) is 6.34. The van der Waals surface area contributed by atoms with E-state index in [-0.39, 0.29) is 6.10 Å². The Balaban J connectivity index is 3.15. The molecule has 0 saturated carbocycles. The predicted molar refractivity (Wildman–Crippen MR) is 109 cm³/mol. The summed E-state index contributed by atoms with van der Waals surface area (Å²) in [6.45, 7) is 3.07. The normalized spacial score (nSPS) is 13.2. The molecular weight excluding hydrogens is 294 g/mol. The highest BCUT2D eigenvalue weighted by Gasteiger charge is 2.04. The van der Waals surface area contributed by atoms with Crippen molar-refractivity contribution in [3.05, 3.63) is 12.2 Å². The molecule has 0 spiro atoms. The van der Waals surface area contributed by atoms with Crippen molar-refractivity contribution in [3.8, 4) is 0 Å². The molecule has 1 atom stereocenters. The van der Waals surface area contributed by atoms with Crippen LogP contribution >= 0.6 is 0 Å². The van der Waals surface area contributed by atoms with Gasteiger partial charge in [0, 0.05) is 6.54 Å². The fraction of sp³-hybridized carbons (Fsp3) is 0.909. The lowest BCUT2D eigenvalue weighted by Gasteiger charge is -2.15. The van der Waals surface area contributed by atoms with Crippen LogP contribution in [0.5, 0.6) is 0 Å². The van der Waals surface area contributed by atoms with Crippen molar-refractivity contribution in [1.29, 1.82) is 0 Å². The van der Waals surface area contributed by atoms with E-state index in [0.717, 1.165) is 13.0 Å². The van der Waals surface area contributed by atoms with Gasteiger partial charge in [-0.15, -0.1) is 0 Å². The van der Waals surface area contributed by atoms with Gasteiger partial charge in [0.25, 0.3) is 0 Å². The van der Waals surface area contributed by atoms with Gasteiger partial charge in [-0.25, -0.2) is 0 Å². The van der Waals surface area contributed by atoms with Crippen LogP contribution in [0.3, 0.4) is 0 Å². The topological polar surface area (TPSA) is 23.5 Å². The molecular formula is C22H45NO. The molecule has 2 heteroatoms. The first-order valence-electron chi connectivity index (χ1n) is 10.6. The summed E-state index contributed by atoms with van der Waals surface area (Å²) in [6, 6.07) is 0. The average Bonchev–Trinajstić information content (AvgIpc) is 2.53. The maximum Gasteiger partial charge on any atom is 0.0666 e. The Morgan fingerprint density at radius 1 is 0.708 bits per heavy atom. The second kappa shape index (κ2) is 19.0. The molecule has 0 bridgehead atoms. The molecule has 0 saturated heterocycles. The largest absolute Gasteiger partial charge is 0.392 e. The maximum atomic E-state index is 9.79. The van der Waals surface area contributed by atoms with Gasteiger partial charge in [0.15, 0.2) is 0 Å². The molecule has 0 radical (unpaired) electrons. The number of nitrogens with zero attached hydrogens (tertiary/aromatic N) is 1. The highest BCUT2D eigenvalue weighted by molar-refractivity contribution is 4.81. The summed E-state index contributed by atoms with van der Waals surface area (Å²) in [5, 5.41) is 9.79. The molecule has 144 valence electrons. The first-order chi connectivity index (χ1) is 11.7. The quantitative estimate of drug-likeness (QED) is 0.233. The van der Waals surface area contributed by atoms with Crippen LogP contribution in [0.15, 0.2) is 12.2 Å². The molecule has 0 fully saturated rings. The van der Waals surface area contributed by atoms with Gasteiger partial charge >= 0.3 is 0 Å². The first-order valence-corrected chi connectivity index (χ1v) is 10.6. The molecule has 2 nitrogen and oxygen atoms in total. The zero-order valence-electron chi connectivity index (χ0n) is 16.9. The lowest BCUT2D eigenvalue weighted by molar-refractivity contribution is 0.125. The Bertz CT molecular complexity index is 263. The summed E-state index contributed by atoms with van der Waals surface area (Å²) >= 11 is 0. The molecule has 0 heterocycles. The minimum Gasteiger partial charge on any atom is -0.392 e. The second-order valence-electron chi connectivity index (χ2n) is 7.64. The number of likely N-dealkylation sites (N-methyl/N-ethyl adjacent to an activating group) is 1. The number of aliphatic hydroxyl groups is 1. The number of aliphatic hydroxyl groups excluding tert-OH is 1. The summed E-state index contributed by atoms with van der Waals surface area (Å²) in [5.41, 5.74) is 0. The summed E-state index contributed by atoms with van der Waals surface area (Å²) < 4.78 is 0. The van der Waals surface area contributed by atoms with Crippen molar-refractivity contribution in [1.82, 2.24) is 4.90 Å². The van der Waals surface area contributed by atoms with Gasteiger partial charge in [0.1, 0.15) is 0 Å². The molecule has 0 aromatic rings. The third kappa shape index (κ3) is 19.7. The zero-order valence-corrected chi connectivity index (χ0v) is 16.9. The molecule has 0 aromatic carbocycles. The van der Waals surface area contributed by atoms with E-state index >= 15 is 0 Å². The number of hydrogen-bond acceptors (Lipinski definition) is 2. The molecule has 1 N–H and O–H groups in total. The summed E-state index contributed by atoms with van der Waals surface area (Å²) in [4.78, 5) is 2.06. The summed E-state index contributed by atoms with van der Waals surface area (Å²) in [6.07, 6.45) is 24.4. The van der Waals surface area contributed by atoms with Crippen LogP contribution in [0.1, 0.15) is 103 Å². The minimum atomic E-state index is -0.142. The van der Waals surface area contributed by atoms with Crippen LogP contribution in [-0.4, -0.2) is 36.8 Å². The van der Waals surface area contributed by atoms with Crippen molar-refractivity contribution in [2.45, 2.75) is 109 Å². The Kier molecular flexibility index (Phi) is 18.7. The van der Waals surface area contributed by atoms with E-state index < -0.39 is 0 Å². The SMILES string of the molecule is CCCCCCCC/C=C\CCCCCCCCC(O)CN(C)C. The van der Waals surface area contributed by atoms with E-state index in [4.69, 9.17) is 0 Å². The smallest absolute Gasteiger partial charge is 0.0666 e. The molecule has 0 aromatic heterocycles. The third-order valence-electron chi connectivity index (χ3n) is 4.63. The highest BCUT2D eigenvalue weighted by Crippen LogP contribution is 2.11. The lowest BCUT2D eigenvalue weighted by Crippen LogP contribution is -2.25. The van der Waals surface area contributed by atoms with Crippen molar-refractivity contribution in [2.75, 3.05) is 20.6 Å². The van der Waals surface area contributed by atoms with E-state index in [1.165, 1.54) is 89.9 Å². The second-order valence-corrected chi connectivity index (χ2v) is 7.64. The molecule has 0 aliphatic carbocycles. The Labute approximate surface area is 152 Å². The van der Waals surface area contributed by atoms with Crippen molar-refractivity contribution >= 4 is 0 Å². The van der Waals surface area contributed by atoms with E-state index in [1.807, 2.05) is 14.1 Å². The van der Waals surface area contributed by atoms with Gasteiger partial charge in [-0.3, -0.25) is 0 Å². The van der Waals surface area contributed by atoms with Crippen molar-refractivity contribution < 1.29 is 5.11 Å². The fourth-order valence-electron chi connectivity index (χ4n) is 3.14. The summed E-state index contributed by atoms with van der Waals surface area (Å²) in [5.74, 6) is 0. The van der Waals surface area contributed by atoms with Crippen LogP contribution in [0.25, 0.3) is 0 Å². The van der Waals surface area contributed by atoms with Crippen LogP contribution in [0.2, 0.25) is 0 Å². The fourth-order valence-corrected chi connectivity index (χ4v) is 3.14. The Hall–Kier alpha value is -0.340. The van der Waals surface area contributed by atoms with E-state index in [9.17, 15) is 5.11 Å². The number of unbranched alkanes of at least 4 members (excludes halogenated alkanes) is 12. The number of hydrogen-bond donors (Lipinski definition) is 1. The minimum absolute atomic E-state index is 0.142. The molecule has 0 aliphatic heterocycles. The molecule has 0 rings (SSSR count). The maximum absolute atomic E-state index is 9.79. The lowest BCUT2D eigenvalue weighted by atomic mass is 10.1. The number of rotatable bonds is 18. The van der Waals surface area contributed by atoms with Gasteiger partial charge in [-0.2, -0.15) is 0 Å². The monoisotopic (exact) mass is 339 g/mol. The van der Waals surface area contributed by atoms with Gasteiger partial charge in [-0.05, 0) is 46.2 Å². The molecule has 1 unspecified atom stereocenters. The zero-order chi connectivity index (χ0) is 17.9. The summed E-state index contributed by atoms with van der Waals surface area (Å²) in [7, 11) is 4.04. The Morgan fingerprint density at radius 3 is 1.67 bits per heavy atom. The van der Waals surface area contributed by atoms with Crippen LogP contribution in [0.4, 0.5) is 0 Å². The van der Waals surface area contributed by atoms with Crippen LogP contribution < -0.4 is 0 Å². The van der Waals surface area contributed by atoms with Gasteiger partial charge < -0.3 is 10.0 Å². The Morgan fingerprint density at radius 2 is 1.17 bits per heavy atom. The van der Waals surface area contributed by atoms with Gasteiger partial charge in [0.05, 0.1) is 6.10 Å². The average molecular weight is 340 g/mol. The van der Waals surface area contributed by atoms with E-state index in [2.05, 4.69) is 24.0 Å². The van der Waals surface area contributed by atoms with E-state index in [1.54, 1.807) is 0 Å². The third-order valence-corrected chi connectivity index (χ3v) is 4.63. The van der Waals surface area contributed by atoms with Crippen LogP contribution in [0, 0.1) is 0 Å². The van der Waals surface area contributed by atoms with Crippen molar-refractivity contribution in [3.63, 3.8) is 0 Å². The highest BCUT2D eigenvalue weighted by atomic mass is 16.3. The van der Waals surface area contributed by atoms with Gasteiger partial charge in [0.2, 0.25) is 0 Å². The van der Waals surface area contributed by atoms with Crippen molar-refractivity contribution in [2.24, 2.45) is 0 Å². The van der Waals surface area contributed by atoms with Gasteiger partial charge in [-0.1, -0.05) is 83.3 Å². The molecule has 24 heavy (non-hydrogen) atoms.